The summed E-state index contributed by atoms with van der Waals surface area (Å²) in [6.07, 6.45) is 2.29. The van der Waals surface area contributed by atoms with Crippen LogP contribution in [0.15, 0.2) is 42.5 Å². The predicted octanol–water partition coefficient (Wildman–Crippen LogP) is 4.66. The molecule has 2 aromatic carbocycles. The van der Waals surface area contributed by atoms with E-state index in [9.17, 15) is 0 Å². The summed E-state index contributed by atoms with van der Waals surface area (Å²) >= 11 is 6.35. The summed E-state index contributed by atoms with van der Waals surface area (Å²) in [5, 5.41) is 0.872. The third kappa shape index (κ3) is 2.86. The minimum absolute atomic E-state index is 0.445. The van der Waals surface area contributed by atoms with Gasteiger partial charge in [0.2, 0.25) is 0 Å². The number of aryl methyl sites for hydroxylation is 1. The molecule has 0 saturated carbocycles. The van der Waals surface area contributed by atoms with Crippen molar-refractivity contribution in [2.75, 3.05) is 14.1 Å². The summed E-state index contributed by atoms with van der Waals surface area (Å²) in [7, 11) is 4.36. The van der Waals surface area contributed by atoms with Crippen molar-refractivity contribution in [3.63, 3.8) is 0 Å². The molecule has 0 spiro atoms. The molecule has 0 heterocycles. The van der Waals surface area contributed by atoms with Gasteiger partial charge in [-0.05, 0) is 62.2 Å². The molecule has 2 unspecified atom stereocenters. The average Bonchev–Trinajstić information content (AvgIpc) is 2.49. The Morgan fingerprint density at radius 2 is 1.86 bits per heavy atom. The first-order valence-corrected chi connectivity index (χ1v) is 7.94. The van der Waals surface area contributed by atoms with Crippen molar-refractivity contribution in [3.05, 3.63) is 69.7 Å². The number of benzene rings is 2. The summed E-state index contributed by atoms with van der Waals surface area (Å²) in [5.41, 5.74) is 5.43. The van der Waals surface area contributed by atoms with Crippen LogP contribution < -0.4 is 0 Å². The van der Waals surface area contributed by atoms with E-state index < -0.39 is 0 Å². The first-order valence-electron chi connectivity index (χ1n) is 7.56. The highest BCUT2D eigenvalue weighted by Gasteiger charge is 2.29. The fraction of sp³-hybridized carbons (Fsp3) is 0.368. The molecule has 0 fully saturated rings. The van der Waals surface area contributed by atoms with Gasteiger partial charge in [-0.2, -0.15) is 0 Å². The van der Waals surface area contributed by atoms with Crippen molar-refractivity contribution in [3.8, 4) is 0 Å². The molecule has 2 atom stereocenters. The molecule has 0 amide bonds. The SMILES string of the molecule is Cc1ccc(C2CC(N(C)C)Cc3ccccc32)cc1Cl. The molecule has 0 bridgehead atoms. The number of fused-ring (bicyclic) bond motifs is 1. The maximum Gasteiger partial charge on any atom is 0.0438 e. The Bertz CT molecular complexity index is 648. The van der Waals surface area contributed by atoms with Gasteiger partial charge in [-0.25, -0.2) is 0 Å². The van der Waals surface area contributed by atoms with Gasteiger partial charge in [0.1, 0.15) is 0 Å². The van der Waals surface area contributed by atoms with Gasteiger partial charge in [0.25, 0.3) is 0 Å². The van der Waals surface area contributed by atoms with Crippen LogP contribution in [0.5, 0.6) is 0 Å². The Labute approximate surface area is 132 Å². The lowest BCUT2D eigenvalue weighted by Crippen LogP contribution is -2.35. The van der Waals surface area contributed by atoms with E-state index >= 15 is 0 Å². The largest absolute Gasteiger partial charge is 0.306 e. The molecule has 0 radical (unpaired) electrons. The lowest BCUT2D eigenvalue weighted by molar-refractivity contribution is 0.258. The maximum atomic E-state index is 6.35. The fourth-order valence-corrected chi connectivity index (χ4v) is 3.52. The van der Waals surface area contributed by atoms with E-state index in [0.29, 0.717) is 12.0 Å². The second-order valence-corrected chi connectivity index (χ2v) is 6.72. The third-order valence-corrected chi connectivity index (χ3v) is 5.13. The zero-order valence-corrected chi connectivity index (χ0v) is 13.7. The minimum atomic E-state index is 0.445. The lowest BCUT2D eigenvalue weighted by Gasteiger charge is -2.35. The highest BCUT2D eigenvalue weighted by Crippen LogP contribution is 2.38. The molecule has 0 aromatic heterocycles. The number of likely N-dealkylation sites (N-methyl/N-ethyl adjacent to an activating group) is 1. The quantitative estimate of drug-likeness (QED) is 0.780. The molecule has 3 rings (SSSR count). The highest BCUT2D eigenvalue weighted by molar-refractivity contribution is 6.31. The second kappa shape index (κ2) is 5.82. The topological polar surface area (TPSA) is 3.24 Å². The summed E-state index contributed by atoms with van der Waals surface area (Å²) in [4.78, 5) is 2.35. The Hall–Kier alpha value is -1.31. The molecular formula is C19H22ClN. The van der Waals surface area contributed by atoms with Crippen molar-refractivity contribution in [1.29, 1.82) is 0 Å². The van der Waals surface area contributed by atoms with Crippen LogP contribution in [0.4, 0.5) is 0 Å². The number of nitrogens with zero attached hydrogens (tertiary/aromatic N) is 1. The first-order chi connectivity index (χ1) is 10.1. The van der Waals surface area contributed by atoms with Gasteiger partial charge < -0.3 is 4.90 Å². The number of hydrogen-bond acceptors (Lipinski definition) is 1. The van der Waals surface area contributed by atoms with Crippen LogP contribution in [0.2, 0.25) is 5.02 Å². The minimum Gasteiger partial charge on any atom is -0.306 e. The predicted molar refractivity (Wildman–Crippen MR) is 90.3 cm³/mol. The van der Waals surface area contributed by atoms with Crippen LogP contribution in [-0.4, -0.2) is 25.0 Å². The van der Waals surface area contributed by atoms with E-state index in [-0.39, 0.29) is 0 Å². The molecule has 0 saturated heterocycles. The Balaban J connectivity index is 2.05. The normalized spacial score (nSPS) is 21.4. The number of rotatable bonds is 2. The molecule has 21 heavy (non-hydrogen) atoms. The Kier molecular flexibility index (Phi) is 4.05. The number of hydrogen-bond donors (Lipinski definition) is 0. The second-order valence-electron chi connectivity index (χ2n) is 6.32. The Morgan fingerprint density at radius 1 is 1.10 bits per heavy atom. The molecule has 2 aromatic rings. The van der Waals surface area contributed by atoms with Crippen LogP contribution in [-0.2, 0) is 6.42 Å². The summed E-state index contributed by atoms with van der Waals surface area (Å²) in [6, 6.07) is 16.0. The highest BCUT2D eigenvalue weighted by atomic mass is 35.5. The Morgan fingerprint density at radius 3 is 2.57 bits per heavy atom. The van der Waals surface area contributed by atoms with Crippen molar-refractivity contribution in [2.24, 2.45) is 0 Å². The average molecular weight is 300 g/mol. The molecular weight excluding hydrogens is 278 g/mol. The zero-order valence-electron chi connectivity index (χ0n) is 12.9. The maximum absolute atomic E-state index is 6.35. The standard InChI is InChI=1S/C19H22ClN/c1-13-8-9-15(11-19(13)20)18-12-16(21(2)3)10-14-6-4-5-7-17(14)18/h4-9,11,16,18H,10,12H2,1-3H3. The van der Waals surface area contributed by atoms with Gasteiger partial charge in [-0.3, -0.25) is 0 Å². The molecule has 110 valence electrons. The van der Waals surface area contributed by atoms with Gasteiger partial charge >= 0.3 is 0 Å². The fourth-order valence-electron chi connectivity index (χ4n) is 3.33. The van der Waals surface area contributed by atoms with Crippen LogP contribution in [0.1, 0.15) is 34.6 Å². The summed E-state index contributed by atoms with van der Waals surface area (Å²) < 4.78 is 0. The van der Waals surface area contributed by atoms with E-state index in [2.05, 4.69) is 68.4 Å². The zero-order chi connectivity index (χ0) is 15.0. The molecule has 0 aliphatic heterocycles. The van der Waals surface area contributed by atoms with Crippen molar-refractivity contribution in [2.45, 2.75) is 31.7 Å². The smallest absolute Gasteiger partial charge is 0.0438 e. The van der Waals surface area contributed by atoms with Gasteiger partial charge in [-0.1, -0.05) is 48.0 Å². The van der Waals surface area contributed by atoms with Gasteiger partial charge in [0.05, 0.1) is 0 Å². The summed E-state index contributed by atoms with van der Waals surface area (Å²) in [5.74, 6) is 0.445. The molecule has 2 heteroatoms. The van der Waals surface area contributed by atoms with Crippen molar-refractivity contribution in [1.82, 2.24) is 4.90 Å². The van der Waals surface area contributed by atoms with E-state index in [1.165, 1.54) is 16.7 Å². The molecule has 1 nitrogen and oxygen atoms in total. The molecule has 0 N–H and O–H groups in total. The van der Waals surface area contributed by atoms with E-state index in [1.54, 1.807) is 0 Å². The van der Waals surface area contributed by atoms with E-state index in [1.807, 2.05) is 0 Å². The van der Waals surface area contributed by atoms with Crippen LogP contribution in [0, 0.1) is 6.92 Å². The van der Waals surface area contributed by atoms with E-state index in [0.717, 1.165) is 23.4 Å². The van der Waals surface area contributed by atoms with Crippen LogP contribution >= 0.6 is 11.6 Å². The van der Waals surface area contributed by atoms with Gasteiger partial charge in [0.15, 0.2) is 0 Å². The van der Waals surface area contributed by atoms with Gasteiger partial charge in [-0.15, -0.1) is 0 Å². The first kappa shape index (κ1) is 14.6. The summed E-state index contributed by atoms with van der Waals surface area (Å²) in [6.45, 7) is 2.06. The monoisotopic (exact) mass is 299 g/mol. The van der Waals surface area contributed by atoms with Gasteiger partial charge in [0, 0.05) is 17.0 Å². The molecule has 1 aliphatic rings. The van der Waals surface area contributed by atoms with Crippen molar-refractivity contribution >= 4 is 11.6 Å². The third-order valence-electron chi connectivity index (χ3n) is 4.72. The van der Waals surface area contributed by atoms with E-state index in [4.69, 9.17) is 11.6 Å². The molecule has 1 aliphatic carbocycles. The van der Waals surface area contributed by atoms with Crippen LogP contribution in [0.3, 0.4) is 0 Å². The lowest BCUT2D eigenvalue weighted by atomic mass is 9.76. The number of halogens is 1. The van der Waals surface area contributed by atoms with Crippen LogP contribution in [0.25, 0.3) is 0 Å². The van der Waals surface area contributed by atoms with Crippen molar-refractivity contribution < 1.29 is 0 Å².